The molecule has 17 heavy (non-hydrogen) atoms. The molecule has 2 N–H and O–H groups in total. The summed E-state index contributed by atoms with van der Waals surface area (Å²) in [6.07, 6.45) is -3.16. The molecule has 96 valence electrons. The van der Waals surface area contributed by atoms with Gasteiger partial charge in [0.2, 0.25) is 0 Å². The molecular weight excluding hydrogens is 231 g/mol. The van der Waals surface area contributed by atoms with Crippen molar-refractivity contribution < 1.29 is 13.2 Å². The summed E-state index contributed by atoms with van der Waals surface area (Å²) in [5.41, 5.74) is -0.684. The molecule has 0 bridgehead atoms. The number of rotatable bonds is 5. The Morgan fingerprint density at radius 2 is 2.06 bits per heavy atom. The van der Waals surface area contributed by atoms with Gasteiger partial charge >= 0.3 is 6.18 Å². The van der Waals surface area contributed by atoms with Crippen molar-refractivity contribution in [3.05, 3.63) is 23.9 Å². The maximum Gasteiger partial charge on any atom is 0.416 e. The van der Waals surface area contributed by atoms with E-state index in [1.807, 2.05) is 14.0 Å². The van der Waals surface area contributed by atoms with Crippen molar-refractivity contribution in [1.82, 2.24) is 10.3 Å². The van der Waals surface area contributed by atoms with E-state index < -0.39 is 11.7 Å². The van der Waals surface area contributed by atoms with Gasteiger partial charge in [-0.25, -0.2) is 4.98 Å². The largest absolute Gasteiger partial charge is 0.416 e. The van der Waals surface area contributed by atoms with Crippen LogP contribution in [0.5, 0.6) is 0 Å². The maximum atomic E-state index is 12.4. The maximum absolute atomic E-state index is 12.4. The van der Waals surface area contributed by atoms with Crippen molar-refractivity contribution in [3.8, 4) is 0 Å². The Balaban J connectivity index is 2.60. The van der Waals surface area contributed by atoms with Crippen LogP contribution in [0.25, 0.3) is 0 Å². The lowest BCUT2D eigenvalue weighted by Crippen LogP contribution is -2.23. The molecule has 1 heterocycles. The zero-order chi connectivity index (χ0) is 12.9. The number of alkyl halides is 3. The first-order valence-corrected chi connectivity index (χ1v) is 5.35. The summed E-state index contributed by atoms with van der Waals surface area (Å²) >= 11 is 0. The molecule has 0 aliphatic carbocycles. The Kier molecular flexibility index (Phi) is 4.74. The Morgan fingerprint density at radius 1 is 1.35 bits per heavy atom. The molecular formula is C11H16F3N3. The molecule has 0 spiro atoms. The van der Waals surface area contributed by atoms with Crippen LogP contribution in [-0.2, 0) is 6.18 Å². The molecule has 6 heteroatoms. The second-order valence-corrected chi connectivity index (χ2v) is 3.97. The second kappa shape index (κ2) is 5.86. The third-order valence-electron chi connectivity index (χ3n) is 2.27. The molecule has 1 aromatic rings. The van der Waals surface area contributed by atoms with Crippen LogP contribution in [0, 0.1) is 5.92 Å². The molecule has 0 saturated carbocycles. The van der Waals surface area contributed by atoms with Gasteiger partial charge in [-0.2, -0.15) is 13.2 Å². The van der Waals surface area contributed by atoms with Crippen molar-refractivity contribution in [1.29, 1.82) is 0 Å². The highest BCUT2D eigenvalue weighted by molar-refractivity contribution is 5.38. The molecule has 3 nitrogen and oxygen atoms in total. The average Bonchev–Trinajstić information content (AvgIpc) is 2.26. The fourth-order valence-corrected chi connectivity index (χ4v) is 1.40. The van der Waals surface area contributed by atoms with Gasteiger partial charge in [0.05, 0.1) is 5.56 Å². The van der Waals surface area contributed by atoms with Gasteiger partial charge in [-0.3, -0.25) is 0 Å². The summed E-state index contributed by atoms with van der Waals surface area (Å²) < 4.78 is 37.3. The van der Waals surface area contributed by atoms with E-state index in [1.54, 1.807) is 0 Å². The van der Waals surface area contributed by atoms with Crippen LogP contribution in [0.4, 0.5) is 19.0 Å². The van der Waals surface area contributed by atoms with Gasteiger partial charge in [0.1, 0.15) is 5.82 Å². The van der Waals surface area contributed by atoms with E-state index in [9.17, 15) is 13.2 Å². The van der Waals surface area contributed by atoms with E-state index in [2.05, 4.69) is 15.6 Å². The smallest absolute Gasteiger partial charge is 0.370 e. The zero-order valence-electron chi connectivity index (χ0n) is 9.80. The van der Waals surface area contributed by atoms with Crippen molar-refractivity contribution in [3.63, 3.8) is 0 Å². The van der Waals surface area contributed by atoms with Crippen LogP contribution in [0.3, 0.4) is 0 Å². The molecule has 1 aromatic heterocycles. The van der Waals surface area contributed by atoms with Gasteiger partial charge in [-0.05, 0) is 31.6 Å². The van der Waals surface area contributed by atoms with E-state index in [-0.39, 0.29) is 5.82 Å². The van der Waals surface area contributed by atoms with E-state index in [0.29, 0.717) is 12.5 Å². The Bertz CT molecular complexity index is 352. The standard InChI is InChI=1S/C11H16F3N3/c1-8(6-15-2)7-17-10-5-9(3-4-16-10)11(12,13)14/h3-5,8,15H,6-7H2,1-2H3,(H,16,17). The summed E-state index contributed by atoms with van der Waals surface area (Å²) in [4.78, 5) is 3.85. The minimum absolute atomic E-state index is 0.253. The fourth-order valence-electron chi connectivity index (χ4n) is 1.40. The van der Waals surface area contributed by atoms with Crippen molar-refractivity contribution in [2.45, 2.75) is 13.1 Å². The summed E-state index contributed by atoms with van der Waals surface area (Å²) in [6, 6.07) is 1.98. The predicted molar refractivity (Wildman–Crippen MR) is 60.8 cm³/mol. The Hall–Kier alpha value is -1.30. The quantitative estimate of drug-likeness (QED) is 0.838. The molecule has 0 aliphatic rings. The minimum atomic E-state index is -4.32. The molecule has 0 radical (unpaired) electrons. The topological polar surface area (TPSA) is 37.0 Å². The number of hydrogen-bond donors (Lipinski definition) is 2. The molecule has 0 aromatic carbocycles. The highest BCUT2D eigenvalue weighted by atomic mass is 19.4. The number of nitrogens with one attached hydrogen (secondary N) is 2. The van der Waals surface area contributed by atoms with E-state index >= 15 is 0 Å². The normalized spacial score (nSPS) is 13.5. The number of hydrogen-bond acceptors (Lipinski definition) is 3. The molecule has 0 saturated heterocycles. The van der Waals surface area contributed by atoms with Crippen molar-refractivity contribution >= 4 is 5.82 Å². The Morgan fingerprint density at radius 3 is 2.65 bits per heavy atom. The summed E-state index contributed by atoms with van der Waals surface area (Å²) in [6.45, 7) is 3.37. The average molecular weight is 247 g/mol. The second-order valence-electron chi connectivity index (χ2n) is 3.97. The van der Waals surface area contributed by atoms with Crippen molar-refractivity contribution in [2.24, 2.45) is 5.92 Å². The van der Waals surface area contributed by atoms with Crippen LogP contribution < -0.4 is 10.6 Å². The van der Waals surface area contributed by atoms with Gasteiger partial charge in [0, 0.05) is 12.7 Å². The van der Waals surface area contributed by atoms with E-state index in [1.165, 1.54) is 0 Å². The van der Waals surface area contributed by atoms with Crippen LogP contribution in [-0.4, -0.2) is 25.1 Å². The summed E-state index contributed by atoms with van der Waals surface area (Å²) in [5.74, 6) is 0.569. The number of nitrogens with zero attached hydrogens (tertiary/aromatic N) is 1. The molecule has 1 rings (SSSR count). The van der Waals surface area contributed by atoms with Gasteiger partial charge in [0.25, 0.3) is 0 Å². The lowest BCUT2D eigenvalue weighted by molar-refractivity contribution is -0.137. The number of pyridine rings is 1. The number of aromatic nitrogens is 1. The SMILES string of the molecule is CNCC(C)CNc1cc(C(F)(F)F)ccn1. The lowest BCUT2D eigenvalue weighted by Gasteiger charge is -2.13. The number of anilines is 1. The molecule has 1 atom stereocenters. The van der Waals surface area contributed by atoms with Gasteiger partial charge in [0.15, 0.2) is 0 Å². The van der Waals surface area contributed by atoms with Gasteiger partial charge < -0.3 is 10.6 Å². The summed E-state index contributed by atoms with van der Waals surface area (Å²) in [7, 11) is 1.83. The van der Waals surface area contributed by atoms with Crippen LogP contribution in [0.15, 0.2) is 18.3 Å². The van der Waals surface area contributed by atoms with E-state index in [4.69, 9.17) is 0 Å². The molecule has 1 unspecified atom stereocenters. The fraction of sp³-hybridized carbons (Fsp3) is 0.545. The highest BCUT2D eigenvalue weighted by Gasteiger charge is 2.30. The van der Waals surface area contributed by atoms with Gasteiger partial charge in [-0.1, -0.05) is 6.92 Å². The third-order valence-corrected chi connectivity index (χ3v) is 2.27. The third kappa shape index (κ3) is 4.60. The predicted octanol–water partition coefficient (Wildman–Crippen LogP) is 2.37. The minimum Gasteiger partial charge on any atom is -0.370 e. The zero-order valence-corrected chi connectivity index (χ0v) is 9.80. The highest BCUT2D eigenvalue weighted by Crippen LogP contribution is 2.29. The van der Waals surface area contributed by atoms with E-state index in [0.717, 1.165) is 24.9 Å². The lowest BCUT2D eigenvalue weighted by atomic mass is 10.2. The molecule has 0 aliphatic heterocycles. The number of halogens is 3. The van der Waals surface area contributed by atoms with Gasteiger partial charge in [-0.15, -0.1) is 0 Å². The van der Waals surface area contributed by atoms with Crippen LogP contribution >= 0.6 is 0 Å². The van der Waals surface area contributed by atoms with Crippen LogP contribution in [0.1, 0.15) is 12.5 Å². The Labute approximate surface area is 98.4 Å². The molecule has 0 fully saturated rings. The first-order valence-electron chi connectivity index (χ1n) is 5.35. The summed E-state index contributed by atoms with van der Waals surface area (Å²) in [5, 5.41) is 5.89. The van der Waals surface area contributed by atoms with Crippen molar-refractivity contribution in [2.75, 3.05) is 25.5 Å². The first kappa shape index (κ1) is 13.8. The first-order chi connectivity index (χ1) is 7.93. The monoisotopic (exact) mass is 247 g/mol. The van der Waals surface area contributed by atoms with Crippen LogP contribution in [0.2, 0.25) is 0 Å². The molecule has 0 amide bonds.